The number of ether oxygens (including phenoxy) is 1. The quantitative estimate of drug-likeness (QED) is 0.722. The van der Waals surface area contributed by atoms with Gasteiger partial charge < -0.3 is 15.0 Å². The molecule has 6 nitrogen and oxygen atoms in total. The van der Waals surface area contributed by atoms with Crippen molar-refractivity contribution >= 4 is 29.5 Å². The van der Waals surface area contributed by atoms with E-state index in [1.165, 1.54) is 0 Å². The molecule has 2 saturated heterocycles. The van der Waals surface area contributed by atoms with Crippen LogP contribution in [-0.2, 0) is 19.1 Å². The lowest BCUT2D eigenvalue weighted by Gasteiger charge is -2.29. The molecule has 2 aromatic rings. The maximum absolute atomic E-state index is 12.6. The van der Waals surface area contributed by atoms with Crippen molar-refractivity contribution in [2.24, 2.45) is 0 Å². The van der Waals surface area contributed by atoms with E-state index in [1.54, 1.807) is 16.7 Å². The van der Waals surface area contributed by atoms with E-state index in [4.69, 9.17) is 4.74 Å². The van der Waals surface area contributed by atoms with Gasteiger partial charge in [-0.3, -0.25) is 9.59 Å². The van der Waals surface area contributed by atoms with Crippen LogP contribution in [0.5, 0.6) is 0 Å². The molecule has 0 radical (unpaired) electrons. The average Bonchev–Trinajstić information content (AvgIpc) is 3.27. The number of rotatable bonds is 6. The van der Waals surface area contributed by atoms with Crippen LogP contribution in [0, 0.1) is 0 Å². The van der Waals surface area contributed by atoms with Crippen LogP contribution < -0.4 is 5.32 Å². The molecule has 0 aromatic heterocycles. The summed E-state index contributed by atoms with van der Waals surface area (Å²) >= 11 is 1.60. The molecule has 2 atom stereocenters. The number of carbonyl (C=O) groups is 3. The second-order valence-electron chi connectivity index (χ2n) is 7.70. The maximum atomic E-state index is 12.6. The Hall–Kier alpha value is -2.80. The van der Waals surface area contributed by atoms with Crippen molar-refractivity contribution in [2.45, 2.75) is 36.7 Å². The molecule has 30 heavy (non-hydrogen) atoms. The molecule has 0 unspecified atom stereocenters. The summed E-state index contributed by atoms with van der Waals surface area (Å²) < 4.78 is 5.30. The van der Waals surface area contributed by atoms with Crippen molar-refractivity contribution < 1.29 is 19.1 Å². The van der Waals surface area contributed by atoms with Gasteiger partial charge in [0.2, 0.25) is 5.91 Å². The first-order valence-corrected chi connectivity index (χ1v) is 11.0. The minimum Gasteiger partial charge on any atom is -0.454 e. The van der Waals surface area contributed by atoms with Gasteiger partial charge in [0.25, 0.3) is 5.91 Å². The van der Waals surface area contributed by atoms with E-state index in [-0.39, 0.29) is 29.3 Å². The first-order valence-electron chi connectivity index (χ1n) is 10.00. The van der Waals surface area contributed by atoms with E-state index >= 15 is 0 Å². The number of esters is 1. The second kappa shape index (κ2) is 8.52. The van der Waals surface area contributed by atoms with Crippen molar-refractivity contribution in [2.75, 3.05) is 12.4 Å². The number of carbonyl (C=O) groups excluding carboxylic acids is 3. The normalized spacial score (nSPS) is 22.8. The molecule has 7 heteroatoms. The Labute approximate surface area is 180 Å². The molecule has 0 spiro atoms. The molecular weight excluding hydrogens is 400 g/mol. The Morgan fingerprint density at radius 2 is 1.73 bits per heavy atom. The molecule has 2 fully saturated rings. The Balaban J connectivity index is 1.40. The summed E-state index contributed by atoms with van der Waals surface area (Å²) in [5, 5.41) is 2.96. The molecular formula is C23H24N2O4S. The van der Waals surface area contributed by atoms with Gasteiger partial charge in [-0.2, -0.15) is 0 Å². The molecule has 2 aliphatic rings. The predicted octanol–water partition coefficient (Wildman–Crippen LogP) is 2.89. The number of thioether (sulfide) groups is 1. The molecule has 4 rings (SSSR count). The Kier molecular flexibility index (Phi) is 5.81. The van der Waals surface area contributed by atoms with Gasteiger partial charge >= 0.3 is 5.97 Å². The van der Waals surface area contributed by atoms with Crippen LogP contribution in [0.2, 0.25) is 0 Å². The third-order valence-electron chi connectivity index (χ3n) is 5.63. The summed E-state index contributed by atoms with van der Waals surface area (Å²) in [6.07, 6.45) is 1.18. The summed E-state index contributed by atoms with van der Waals surface area (Å²) in [6, 6.07) is 18.3. The lowest BCUT2D eigenvalue weighted by molar-refractivity contribution is -0.156. The highest BCUT2D eigenvalue weighted by Crippen LogP contribution is 2.47. The van der Waals surface area contributed by atoms with Gasteiger partial charge in [0.1, 0.15) is 6.04 Å². The van der Waals surface area contributed by atoms with Crippen molar-refractivity contribution in [3.63, 3.8) is 0 Å². The number of nitrogens with one attached hydrogen (secondary N) is 1. The summed E-state index contributed by atoms with van der Waals surface area (Å²) in [6.45, 7) is 1.60. The zero-order valence-electron chi connectivity index (χ0n) is 16.7. The van der Waals surface area contributed by atoms with Gasteiger partial charge in [0.15, 0.2) is 6.61 Å². The summed E-state index contributed by atoms with van der Waals surface area (Å²) in [4.78, 5) is 38.7. The summed E-state index contributed by atoms with van der Waals surface area (Å²) in [5.41, 5.74) is 1.88. The third-order valence-corrected chi connectivity index (χ3v) is 7.14. The topological polar surface area (TPSA) is 75.7 Å². The first-order chi connectivity index (χ1) is 14.5. The van der Waals surface area contributed by atoms with Gasteiger partial charge in [-0.15, -0.1) is 11.8 Å². The Morgan fingerprint density at radius 1 is 1.13 bits per heavy atom. The lowest BCUT2D eigenvalue weighted by Crippen LogP contribution is -2.47. The molecule has 2 aromatic carbocycles. The minimum atomic E-state index is -0.623. The van der Waals surface area contributed by atoms with E-state index in [1.807, 2.05) is 67.6 Å². The zero-order valence-corrected chi connectivity index (χ0v) is 17.6. The van der Waals surface area contributed by atoms with Gasteiger partial charge in [0.05, 0.1) is 10.9 Å². The van der Waals surface area contributed by atoms with Crippen molar-refractivity contribution in [1.82, 2.24) is 10.2 Å². The van der Waals surface area contributed by atoms with Gasteiger partial charge in [-0.25, -0.2) is 4.79 Å². The number of amides is 2. The molecule has 0 bridgehead atoms. The Morgan fingerprint density at radius 3 is 2.33 bits per heavy atom. The molecule has 1 N–H and O–H groups in total. The van der Waals surface area contributed by atoms with Crippen LogP contribution >= 0.6 is 11.8 Å². The predicted molar refractivity (Wildman–Crippen MR) is 115 cm³/mol. The number of nitrogens with zero attached hydrogens (tertiary/aromatic N) is 1. The summed E-state index contributed by atoms with van der Waals surface area (Å²) in [7, 11) is 0. The monoisotopic (exact) mass is 424 g/mol. The Bertz CT molecular complexity index is 897. The van der Waals surface area contributed by atoms with Crippen LogP contribution in [0.4, 0.5) is 0 Å². The average molecular weight is 425 g/mol. The van der Waals surface area contributed by atoms with Crippen LogP contribution in [0.3, 0.4) is 0 Å². The van der Waals surface area contributed by atoms with Gasteiger partial charge in [-0.1, -0.05) is 60.7 Å². The largest absolute Gasteiger partial charge is 0.454 e. The van der Waals surface area contributed by atoms with Crippen LogP contribution in [0.15, 0.2) is 60.7 Å². The van der Waals surface area contributed by atoms with Gasteiger partial charge in [-0.05, 0) is 24.5 Å². The van der Waals surface area contributed by atoms with E-state index in [0.29, 0.717) is 12.2 Å². The number of benzene rings is 2. The van der Waals surface area contributed by atoms with Crippen LogP contribution in [0.1, 0.15) is 36.9 Å². The fourth-order valence-corrected chi connectivity index (χ4v) is 5.50. The number of hydrogen-bond donors (Lipinski definition) is 1. The van der Waals surface area contributed by atoms with Gasteiger partial charge in [0, 0.05) is 12.2 Å². The molecule has 0 aliphatic carbocycles. The lowest BCUT2D eigenvalue weighted by atomic mass is 9.99. The van der Waals surface area contributed by atoms with Crippen LogP contribution in [0.25, 0.3) is 0 Å². The second-order valence-corrected chi connectivity index (χ2v) is 9.20. The number of fused-ring (bicyclic) bond motifs is 1. The highest BCUT2D eigenvalue weighted by atomic mass is 32.2. The molecule has 2 heterocycles. The SMILES string of the molecule is C[C@@]12CCC(=O)N1[C@@H](C(=O)OCC(=O)NC(c1ccccc1)c1ccccc1)CS2. The van der Waals surface area contributed by atoms with Crippen molar-refractivity contribution in [3.8, 4) is 0 Å². The fraction of sp³-hybridized carbons (Fsp3) is 0.348. The number of hydrogen-bond acceptors (Lipinski definition) is 5. The molecule has 2 amide bonds. The highest BCUT2D eigenvalue weighted by molar-refractivity contribution is 8.01. The molecule has 0 saturated carbocycles. The third kappa shape index (κ3) is 4.07. The molecule has 156 valence electrons. The van der Waals surface area contributed by atoms with E-state index in [2.05, 4.69) is 5.32 Å². The van der Waals surface area contributed by atoms with E-state index in [9.17, 15) is 14.4 Å². The fourth-order valence-electron chi connectivity index (χ4n) is 4.08. The van der Waals surface area contributed by atoms with E-state index in [0.717, 1.165) is 17.5 Å². The van der Waals surface area contributed by atoms with E-state index < -0.39 is 12.0 Å². The van der Waals surface area contributed by atoms with Crippen molar-refractivity contribution in [3.05, 3.63) is 71.8 Å². The minimum absolute atomic E-state index is 0.0258. The smallest absolute Gasteiger partial charge is 0.330 e. The zero-order chi connectivity index (χ0) is 21.1. The van der Waals surface area contributed by atoms with Crippen LogP contribution in [-0.4, -0.2) is 46.0 Å². The maximum Gasteiger partial charge on any atom is 0.330 e. The standard InChI is InChI=1S/C23H24N2O4S/c1-23-13-12-20(27)25(23)18(15-30-23)22(28)29-14-19(26)24-21(16-8-4-2-5-9-16)17-10-6-3-7-11-17/h2-11,18,21H,12-15H2,1H3,(H,24,26)/t18-,23-/m1/s1. The van der Waals surface area contributed by atoms with Crippen molar-refractivity contribution in [1.29, 1.82) is 0 Å². The first kappa shape index (κ1) is 20.5. The summed E-state index contributed by atoms with van der Waals surface area (Å²) in [5.74, 6) is -0.434. The highest BCUT2D eigenvalue weighted by Gasteiger charge is 2.53. The molecule has 2 aliphatic heterocycles.